The van der Waals surface area contributed by atoms with Gasteiger partial charge in [-0.25, -0.2) is 0 Å². The van der Waals surface area contributed by atoms with Crippen LogP contribution in [-0.2, 0) is 0 Å². The highest BCUT2D eigenvalue weighted by Crippen LogP contribution is 2.39. The van der Waals surface area contributed by atoms with Crippen molar-refractivity contribution < 1.29 is 0 Å². The van der Waals surface area contributed by atoms with E-state index in [9.17, 15) is 0 Å². The van der Waals surface area contributed by atoms with Gasteiger partial charge in [0.2, 0.25) is 0 Å². The third kappa shape index (κ3) is 15.7. The molecule has 0 N–H and O–H groups in total. The van der Waals surface area contributed by atoms with Crippen molar-refractivity contribution in [3.8, 4) is 0 Å². The normalized spacial score (nSPS) is 15.1. The van der Waals surface area contributed by atoms with Crippen molar-refractivity contribution in [1.82, 2.24) is 29.4 Å². The van der Waals surface area contributed by atoms with Gasteiger partial charge in [0.05, 0.1) is 49.6 Å². The monoisotopic (exact) mass is 1230 g/mol. The lowest BCUT2D eigenvalue weighted by atomic mass is 9.94. The lowest BCUT2D eigenvalue weighted by Gasteiger charge is -2.46. The van der Waals surface area contributed by atoms with Crippen LogP contribution in [0.3, 0.4) is 0 Å². The smallest absolute Gasteiger partial charge is 0.0625 e. The molecule has 6 nitrogen and oxygen atoms in total. The van der Waals surface area contributed by atoms with Crippen molar-refractivity contribution in [2.45, 2.75) is 36.3 Å². The first-order chi connectivity index (χ1) is 46.7. The summed E-state index contributed by atoms with van der Waals surface area (Å²) in [6.45, 7) is 7.49. The Balaban J connectivity index is 1.07. The average Bonchev–Trinajstić information content (AvgIpc) is 0.934. The lowest BCUT2D eigenvalue weighted by Crippen LogP contribution is -2.52. The molecular weight excluding hydrogens is 1140 g/mol. The molecule has 12 aromatic rings. The van der Waals surface area contributed by atoms with E-state index in [1.165, 1.54) is 66.8 Å². The molecule has 0 aliphatic carbocycles. The highest BCUT2D eigenvalue weighted by molar-refractivity contribution is 5.39. The van der Waals surface area contributed by atoms with Gasteiger partial charge in [0.25, 0.3) is 0 Å². The van der Waals surface area contributed by atoms with Crippen LogP contribution in [0.4, 0.5) is 0 Å². The molecule has 94 heavy (non-hydrogen) atoms. The molecule has 1 saturated heterocycles. The minimum Gasteiger partial charge on any atom is -0.290 e. The molecule has 0 spiro atoms. The zero-order chi connectivity index (χ0) is 63.4. The van der Waals surface area contributed by atoms with Gasteiger partial charge in [-0.2, -0.15) is 0 Å². The van der Waals surface area contributed by atoms with E-state index in [0.717, 1.165) is 52.4 Å². The van der Waals surface area contributed by atoms with E-state index in [0.29, 0.717) is 13.3 Å². The zero-order valence-corrected chi connectivity index (χ0v) is 53.9. The first-order valence-corrected chi connectivity index (χ1v) is 33.7. The van der Waals surface area contributed by atoms with Crippen molar-refractivity contribution in [1.29, 1.82) is 0 Å². The van der Waals surface area contributed by atoms with E-state index >= 15 is 0 Å². The Labute approximate surface area is 558 Å². The SMILES string of the molecule is c1ccc(C(c2ccccc2)N2CCN(C(c3ccccc3)c3ccccc3)CCN(C(c3ccccc3)c3ccccc3)CN(C(c3ccccc3)c3ccccc3)CN(C(c3ccccc3)c3ccccc3)CCN(C(c3ccccc3)c3ccccc3)CC2)cc1. The molecule has 0 aromatic heterocycles. The lowest BCUT2D eigenvalue weighted by molar-refractivity contribution is 0.0114. The molecule has 0 bridgehead atoms. The number of hydrogen-bond acceptors (Lipinski definition) is 6. The van der Waals surface area contributed by atoms with Crippen molar-refractivity contribution in [2.24, 2.45) is 0 Å². The van der Waals surface area contributed by atoms with Gasteiger partial charge in [0, 0.05) is 52.4 Å². The summed E-state index contributed by atoms with van der Waals surface area (Å²) >= 11 is 0. The van der Waals surface area contributed by atoms with Crippen LogP contribution < -0.4 is 0 Å². The molecule has 468 valence electrons. The van der Waals surface area contributed by atoms with E-state index in [1.807, 2.05) is 0 Å². The number of nitrogens with zero attached hydrogens (tertiary/aromatic N) is 6. The fraction of sp³-hybridized carbons (Fsp3) is 0.182. The molecule has 1 heterocycles. The topological polar surface area (TPSA) is 19.4 Å². The van der Waals surface area contributed by atoms with Gasteiger partial charge in [-0.05, 0) is 66.8 Å². The summed E-state index contributed by atoms with van der Waals surface area (Å²) < 4.78 is 0. The van der Waals surface area contributed by atoms with Gasteiger partial charge in [-0.3, -0.25) is 29.4 Å². The first kappa shape index (κ1) is 63.2. The van der Waals surface area contributed by atoms with E-state index in [1.54, 1.807) is 0 Å². The molecule has 0 amide bonds. The molecule has 1 aliphatic heterocycles. The highest BCUT2D eigenvalue weighted by Gasteiger charge is 2.36. The second kappa shape index (κ2) is 32.3. The minimum absolute atomic E-state index is 0.0284. The third-order valence-electron chi connectivity index (χ3n) is 19.0. The van der Waals surface area contributed by atoms with Gasteiger partial charge >= 0.3 is 0 Å². The van der Waals surface area contributed by atoms with Crippen LogP contribution in [0.15, 0.2) is 364 Å². The minimum atomic E-state index is -0.137. The maximum atomic E-state index is 2.83. The Morgan fingerprint density at radius 3 is 0.372 bits per heavy atom. The van der Waals surface area contributed by atoms with Gasteiger partial charge in [-0.15, -0.1) is 0 Å². The Morgan fingerprint density at radius 1 is 0.128 bits per heavy atom. The van der Waals surface area contributed by atoms with Crippen LogP contribution >= 0.6 is 0 Å². The predicted molar refractivity (Wildman–Crippen MR) is 388 cm³/mol. The van der Waals surface area contributed by atoms with Crippen molar-refractivity contribution in [3.05, 3.63) is 431 Å². The number of rotatable bonds is 18. The van der Waals surface area contributed by atoms with E-state index in [2.05, 4.69) is 393 Å². The Bertz CT molecular complexity index is 3640. The van der Waals surface area contributed by atoms with Crippen LogP contribution in [0, 0.1) is 0 Å². The quantitative estimate of drug-likeness (QED) is 0.0847. The molecule has 0 saturated carbocycles. The maximum absolute atomic E-state index is 2.83. The van der Waals surface area contributed by atoms with Crippen molar-refractivity contribution in [3.63, 3.8) is 0 Å². The fourth-order valence-electron chi connectivity index (χ4n) is 14.7. The molecule has 12 aromatic carbocycles. The molecule has 0 unspecified atom stereocenters. The molecule has 0 atom stereocenters. The maximum Gasteiger partial charge on any atom is 0.0625 e. The molecule has 0 radical (unpaired) electrons. The summed E-state index contributed by atoms with van der Waals surface area (Å²) in [6.07, 6.45) is 0. The van der Waals surface area contributed by atoms with Crippen LogP contribution in [0.2, 0.25) is 0 Å². The highest BCUT2D eigenvalue weighted by atomic mass is 15.4. The van der Waals surface area contributed by atoms with Gasteiger partial charge in [-0.1, -0.05) is 364 Å². The van der Waals surface area contributed by atoms with E-state index < -0.39 is 0 Å². The summed E-state index contributed by atoms with van der Waals surface area (Å²) in [7, 11) is 0. The predicted octanol–water partition coefficient (Wildman–Crippen LogP) is 18.5. The average molecular weight is 1230 g/mol. The van der Waals surface area contributed by atoms with Crippen LogP contribution in [0.25, 0.3) is 0 Å². The Kier molecular flexibility index (Phi) is 21.7. The first-order valence-electron chi connectivity index (χ1n) is 33.7. The number of benzene rings is 12. The fourth-order valence-corrected chi connectivity index (χ4v) is 14.7. The molecule has 1 aliphatic rings. The largest absolute Gasteiger partial charge is 0.290 e. The molecule has 13 rings (SSSR count). The molecule has 1 fully saturated rings. The van der Waals surface area contributed by atoms with Gasteiger partial charge in [0.1, 0.15) is 0 Å². The van der Waals surface area contributed by atoms with E-state index in [4.69, 9.17) is 0 Å². The van der Waals surface area contributed by atoms with E-state index in [-0.39, 0.29) is 36.3 Å². The number of hydrogen-bond donors (Lipinski definition) is 0. The second-order valence-electron chi connectivity index (χ2n) is 24.9. The molecular formula is C88H86N6. The third-order valence-corrected chi connectivity index (χ3v) is 19.0. The summed E-state index contributed by atoms with van der Waals surface area (Å²) in [5.74, 6) is 0. The Morgan fingerprint density at radius 2 is 0.234 bits per heavy atom. The zero-order valence-electron chi connectivity index (χ0n) is 53.9. The van der Waals surface area contributed by atoms with Crippen LogP contribution in [-0.4, -0.2) is 95.1 Å². The summed E-state index contributed by atoms with van der Waals surface area (Å²) in [5.41, 5.74) is 15.3. The van der Waals surface area contributed by atoms with Crippen molar-refractivity contribution >= 4 is 0 Å². The summed E-state index contributed by atoms with van der Waals surface area (Å²) in [6, 6.07) is 135. The summed E-state index contributed by atoms with van der Waals surface area (Å²) in [5, 5.41) is 0. The summed E-state index contributed by atoms with van der Waals surface area (Å²) in [4.78, 5) is 17.0. The van der Waals surface area contributed by atoms with Crippen LogP contribution in [0.5, 0.6) is 0 Å². The van der Waals surface area contributed by atoms with Gasteiger partial charge in [0.15, 0.2) is 0 Å². The Hall–Kier alpha value is -9.60. The van der Waals surface area contributed by atoms with Gasteiger partial charge < -0.3 is 0 Å². The van der Waals surface area contributed by atoms with Crippen molar-refractivity contribution in [2.75, 3.05) is 65.7 Å². The molecule has 6 heteroatoms. The second-order valence-corrected chi connectivity index (χ2v) is 24.9. The van der Waals surface area contributed by atoms with Crippen LogP contribution in [0.1, 0.15) is 103 Å². The standard InChI is InChI=1S/C88H86N6/c1-13-37-71(38-14-1)83(72-39-15-2-16-40-72)89-61-63-90(84(73-41-17-3-18-42-73)74-43-19-4-20-44-74)65-67-92(86(77-49-25-7-26-50-77)78-51-27-8-28-52-78)69-94(88(81-57-33-11-34-58-81)82-59-35-12-36-60-82)70-93(87(79-53-29-9-30-54-79)80-55-31-10-32-56-80)68-66-91(64-62-89)85(75-45-21-5-22-46-75)76-47-23-6-24-48-76/h1-60,83-88H,61-70H2.